The lowest BCUT2D eigenvalue weighted by Gasteiger charge is -2.27. The summed E-state index contributed by atoms with van der Waals surface area (Å²) < 4.78 is 38.3. The van der Waals surface area contributed by atoms with Gasteiger partial charge in [0.2, 0.25) is 9.84 Å². The molecule has 1 saturated heterocycles. The minimum absolute atomic E-state index is 0.161. The number of anilines is 1. The van der Waals surface area contributed by atoms with Crippen LogP contribution in [0.15, 0.2) is 53.4 Å². The van der Waals surface area contributed by atoms with E-state index in [1.165, 1.54) is 192 Å². The quantitative estimate of drug-likeness (QED) is 0.0539. The van der Waals surface area contributed by atoms with Crippen molar-refractivity contribution in [1.29, 1.82) is 0 Å². The summed E-state index contributed by atoms with van der Waals surface area (Å²) in [5.74, 6) is 0. The molecule has 0 radical (unpaired) electrons. The summed E-state index contributed by atoms with van der Waals surface area (Å²) in [5, 5.41) is 3.93. The van der Waals surface area contributed by atoms with Crippen LogP contribution in [0.3, 0.4) is 0 Å². The van der Waals surface area contributed by atoms with Crippen molar-refractivity contribution in [3.63, 3.8) is 0 Å². The van der Waals surface area contributed by atoms with Gasteiger partial charge in [-0.2, -0.15) is 0 Å². The van der Waals surface area contributed by atoms with Gasteiger partial charge < -0.3 is 14.8 Å². The average molecular weight is 850 g/mol. The normalized spacial score (nSPS) is 15.8. The summed E-state index contributed by atoms with van der Waals surface area (Å²) in [6.45, 7) is 7.65. The lowest BCUT2D eigenvalue weighted by molar-refractivity contribution is -0.0617. The van der Waals surface area contributed by atoms with Gasteiger partial charge in [-0.3, -0.25) is 0 Å². The molecular formula is C54H91NO4S. The van der Waals surface area contributed by atoms with E-state index in [-0.39, 0.29) is 6.10 Å². The van der Waals surface area contributed by atoms with E-state index in [1.54, 1.807) is 12.1 Å². The van der Waals surface area contributed by atoms with Crippen molar-refractivity contribution in [2.45, 2.75) is 249 Å². The number of benzene rings is 2. The highest BCUT2D eigenvalue weighted by molar-refractivity contribution is 7.91. The molecule has 0 spiro atoms. The highest BCUT2D eigenvalue weighted by Gasteiger charge is 2.30. The van der Waals surface area contributed by atoms with Crippen molar-refractivity contribution in [1.82, 2.24) is 0 Å². The van der Waals surface area contributed by atoms with Crippen LogP contribution in [0.25, 0.3) is 12.2 Å². The minimum Gasteiger partial charge on any atom is -0.382 e. The number of nitrogens with one attached hydrogen (secondary N) is 1. The summed E-state index contributed by atoms with van der Waals surface area (Å²) in [6, 6.07) is 16.5. The molecule has 1 aliphatic heterocycles. The molecule has 0 aliphatic carbocycles. The maximum Gasteiger partial charge on any atom is 0.205 e. The van der Waals surface area contributed by atoms with E-state index in [0.29, 0.717) is 24.0 Å². The first-order valence-electron chi connectivity index (χ1n) is 25.6. The van der Waals surface area contributed by atoms with Gasteiger partial charge in [0, 0.05) is 18.3 Å². The van der Waals surface area contributed by atoms with E-state index in [1.807, 2.05) is 19.1 Å². The molecule has 5 nitrogen and oxygen atoms in total. The Bertz CT molecular complexity index is 1420. The Balaban J connectivity index is 1.41. The van der Waals surface area contributed by atoms with Gasteiger partial charge in [-0.1, -0.05) is 231 Å². The first kappa shape index (κ1) is 52.2. The SMILES string of the molecule is CCCCCCCCCCCCCCCCC(CCCCCCCCCCCCCCC)Nc1ccc(C=Cc2ccc(S(=O)(=O)C(CC)OC3CCCOC3)cc2)cc1. The Morgan fingerprint density at radius 1 is 0.583 bits per heavy atom. The van der Waals surface area contributed by atoms with Crippen LogP contribution in [0.5, 0.6) is 0 Å². The van der Waals surface area contributed by atoms with Gasteiger partial charge in [0.15, 0.2) is 5.44 Å². The molecular weight excluding hydrogens is 759 g/mol. The van der Waals surface area contributed by atoms with Crippen LogP contribution < -0.4 is 5.32 Å². The zero-order valence-electron chi connectivity index (χ0n) is 39.1. The first-order chi connectivity index (χ1) is 29.5. The molecule has 60 heavy (non-hydrogen) atoms. The molecule has 1 N–H and O–H groups in total. The lowest BCUT2D eigenvalue weighted by atomic mass is 9.99. The van der Waals surface area contributed by atoms with E-state index in [2.05, 4.69) is 55.6 Å². The van der Waals surface area contributed by atoms with Crippen molar-refractivity contribution in [3.05, 3.63) is 59.7 Å². The molecule has 342 valence electrons. The first-order valence-corrected chi connectivity index (χ1v) is 27.1. The number of unbranched alkanes of at least 4 members (excludes halogenated alkanes) is 25. The Labute approximate surface area is 371 Å². The summed E-state index contributed by atoms with van der Waals surface area (Å²) in [6.07, 6.45) is 46.5. The highest BCUT2D eigenvalue weighted by Crippen LogP contribution is 2.25. The van der Waals surface area contributed by atoms with E-state index < -0.39 is 15.3 Å². The van der Waals surface area contributed by atoms with Gasteiger partial charge in [0.1, 0.15) is 0 Å². The summed E-state index contributed by atoms with van der Waals surface area (Å²) in [4.78, 5) is 0.307. The van der Waals surface area contributed by atoms with Gasteiger partial charge >= 0.3 is 0 Å². The summed E-state index contributed by atoms with van der Waals surface area (Å²) in [7, 11) is -3.59. The molecule has 1 aliphatic rings. The fourth-order valence-corrected chi connectivity index (χ4v) is 10.3. The smallest absolute Gasteiger partial charge is 0.205 e. The molecule has 1 fully saturated rings. The minimum atomic E-state index is -3.59. The van der Waals surface area contributed by atoms with Crippen LogP contribution in [0, 0.1) is 0 Å². The largest absolute Gasteiger partial charge is 0.382 e. The fourth-order valence-electron chi connectivity index (χ4n) is 8.74. The number of rotatable bonds is 38. The zero-order valence-corrected chi connectivity index (χ0v) is 39.9. The van der Waals surface area contributed by atoms with E-state index >= 15 is 0 Å². The third kappa shape index (κ3) is 23.9. The maximum absolute atomic E-state index is 13.4. The van der Waals surface area contributed by atoms with Crippen molar-refractivity contribution in [2.75, 3.05) is 18.5 Å². The van der Waals surface area contributed by atoms with Crippen LogP contribution in [0.1, 0.15) is 237 Å². The fraction of sp³-hybridized carbons (Fsp3) is 0.741. The second-order valence-electron chi connectivity index (χ2n) is 18.1. The topological polar surface area (TPSA) is 64.6 Å². The van der Waals surface area contributed by atoms with Crippen molar-refractivity contribution in [3.8, 4) is 0 Å². The molecule has 3 unspecified atom stereocenters. The molecule has 2 aromatic rings. The molecule has 3 rings (SSSR count). The van der Waals surface area contributed by atoms with E-state index in [4.69, 9.17) is 9.47 Å². The van der Waals surface area contributed by atoms with Crippen LogP contribution in [0.4, 0.5) is 5.69 Å². The number of hydrogen-bond acceptors (Lipinski definition) is 5. The number of ether oxygens (including phenoxy) is 2. The van der Waals surface area contributed by atoms with Crippen LogP contribution >= 0.6 is 0 Å². The predicted molar refractivity (Wildman–Crippen MR) is 261 cm³/mol. The van der Waals surface area contributed by atoms with Gasteiger partial charge in [0.25, 0.3) is 0 Å². The average Bonchev–Trinajstić information content (AvgIpc) is 3.27. The number of hydrogen-bond donors (Lipinski definition) is 1. The van der Waals surface area contributed by atoms with Crippen LogP contribution in [-0.2, 0) is 19.3 Å². The Hall–Kier alpha value is -2.15. The van der Waals surface area contributed by atoms with Crippen LogP contribution in [0.2, 0.25) is 0 Å². The molecule has 2 aromatic carbocycles. The molecule has 0 bridgehead atoms. The van der Waals surface area contributed by atoms with Crippen molar-refractivity contribution < 1.29 is 17.9 Å². The predicted octanol–water partition coefficient (Wildman–Crippen LogP) is 16.7. The van der Waals surface area contributed by atoms with Gasteiger partial charge in [-0.05, 0) is 67.5 Å². The van der Waals surface area contributed by atoms with Gasteiger partial charge in [-0.25, -0.2) is 8.42 Å². The monoisotopic (exact) mass is 850 g/mol. The third-order valence-corrected chi connectivity index (χ3v) is 14.7. The van der Waals surface area contributed by atoms with Crippen LogP contribution in [-0.4, -0.2) is 39.2 Å². The lowest BCUT2D eigenvalue weighted by Crippen LogP contribution is -2.34. The third-order valence-electron chi connectivity index (χ3n) is 12.7. The molecule has 0 aromatic heterocycles. The zero-order chi connectivity index (χ0) is 42.8. The Morgan fingerprint density at radius 3 is 1.37 bits per heavy atom. The molecule has 3 atom stereocenters. The Kier molecular flexibility index (Phi) is 29.9. The highest BCUT2D eigenvalue weighted by atomic mass is 32.2. The summed E-state index contributed by atoms with van der Waals surface area (Å²) >= 11 is 0. The van der Waals surface area contributed by atoms with Gasteiger partial charge in [0.05, 0.1) is 17.6 Å². The Morgan fingerprint density at radius 2 is 0.983 bits per heavy atom. The summed E-state index contributed by atoms with van der Waals surface area (Å²) in [5.41, 5.74) is 2.45. The van der Waals surface area contributed by atoms with E-state index in [9.17, 15) is 8.42 Å². The van der Waals surface area contributed by atoms with Crippen molar-refractivity contribution in [2.24, 2.45) is 0 Å². The standard InChI is InChI=1S/C54H91NO4S/c1-4-7-9-11-13-15-17-19-21-23-25-27-29-31-34-50(33-30-28-26-24-22-20-18-16-14-12-10-8-5-2)55-51-42-38-48(39-43-51)36-37-49-40-44-53(45-41-49)60(56,57)54(6-3)59-52-35-32-46-58-47-52/h36-45,50,52,54-55H,4-35,46-47H2,1-3H3. The number of sulfone groups is 1. The molecule has 1 heterocycles. The van der Waals surface area contributed by atoms with Gasteiger partial charge in [-0.15, -0.1) is 0 Å². The second kappa shape index (κ2) is 34.3. The molecule has 6 heteroatoms. The second-order valence-corrected chi connectivity index (χ2v) is 20.2. The van der Waals surface area contributed by atoms with Crippen molar-refractivity contribution >= 4 is 27.7 Å². The van der Waals surface area contributed by atoms with E-state index in [0.717, 1.165) is 30.6 Å². The molecule has 0 amide bonds. The molecule has 0 saturated carbocycles. The maximum atomic E-state index is 13.4.